The van der Waals surface area contributed by atoms with Crippen molar-refractivity contribution in [3.05, 3.63) is 59.4 Å². The highest BCUT2D eigenvalue weighted by atomic mass is 32.2. The van der Waals surface area contributed by atoms with Gasteiger partial charge < -0.3 is 9.64 Å². The number of aromatic nitrogens is 1. The number of fused-ring (bicyclic) bond motifs is 1. The maximum absolute atomic E-state index is 13.5. The minimum atomic E-state index is -3.36. The normalized spacial score (nSPS) is 18.8. The second-order valence-electron chi connectivity index (χ2n) is 8.85. The van der Waals surface area contributed by atoms with Gasteiger partial charge in [-0.05, 0) is 61.2 Å². The van der Waals surface area contributed by atoms with Crippen molar-refractivity contribution in [2.75, 3.05) is 50.0 Å². The zero-order valence-electron chi connectivity index (χ0n) is 19.3. The predicted molar refractivity (Wildman–Crippen MR) is 128 cm³/mol. The van der Waals surface area contributed by atoms with Gasteiger partial charge in [-0.25, -0.2) is 8.42 Å². The molecule has 0 N–H and O–H groups in total. The Morgan fingerprint density at radius 2 is 1.91 bits per heavy atom. The molecule has 1 saturated heterocycles. The number of morpholine rings is 1. The number of pyridine rings is 1. The van der Waals surface area contributed by atoms with Crippen LogP contribution in [0.1, 0.15) is 34.8 Å². The van der Waals surface area contributed by atoms with Crippen molar-refractivity contribution in [1.82, 2.24) is 14.8 Å². The quantitative estimate of drug-likeness (QED) is 0.586. The molecule has 0 saturated carbocycles. The number of hydrogen-bond donors (Lipinski definition) is 0. The second kappa shape index (κ2) is 10.2. The van der Waals surface area contributed by atoms with E-state index in [-0.39, 0.29) is 11.9 Å². The number of carbonyl (C=O) groups is 1. The number of hydrogen-bond acceptors (Lipinski definition) is 6. The third-order valence-electron chi connectivity index (χ3n) is 6.25. The van der Waals surface area contributed by atoms with E-state index in [1.807, 2.05) is 30.0 Å². The van der Waals surface area contributed by atoms with Gasteiger partial charge in [0.05, 0.1) is 25.2 Å². The Balaban J connectivity index is 1.51. The van der Waals surface area contributed by atoms with Gasteiger partial charge in [-0.1, -0.05) is 0 Å². The van der Waals surface area contributed by atoms with E-state index in [0.29, 0.717) is 30.8 Å². The third kappa shape index (κ3) is 5.72. The highest BCUT2D eigenvalue weighted by molar-refractivity contribution is 7.92. The van der Waals surface area contributed by atoms with E-state index in [9.17, 15) is 13.2 Å². The predicted octanol–water partition coefficient (Wildman–Crippen LogP) is 2.16. The molecule has 9 heteroatoms. The van der Waals surface area contributed by atoms with Gasteiger partial charge in [-0.3, -0.25) is 19.0 Å². The highest BCUT2D eigenvalue weighted by Crippen LogP contribution is 2.35. The lowest BCUT2D eigenvalue weighted by Crippen LogP contribution is -2.39. The van der Waals surface area contributed by atoms with E-state index in [4.69, 9.17) is 4.74 Å². The maximum Gasteiger partial charge on any atom is 0.254 e. The average Bonchev–Trinajstić information content (AvgIpc) is 3.14. The van der Waals surface area contributed by atoms with Gasteiger partial charge in [0.1, 0.15) is 0 Å². The van der Waals surface area contributed by atoms with E-state index in [0.717, 1.165) is 50.4 Å². The van der Waals surface area contributed by atoms with Crippen molar-refractivity contribution in [3.63, 3.8) is 0 Å². The minimum Gasteiger partial charge on any atom is -0.379 e. The molecule has 2 aliphatic heterocycles. The molecule has 33 heavy (non-hydrogen) atoms. The summed E-state index contributed by atoms with van der Waals surface area (Å²) in [6.07, 6.45) is 6.18. The Labute approximate surface area is 196 Å². The summed E-state index contributed by atoms with van der Waals surface area (Å²) < 4.78 is 31.3. The van der Waals surface area contributed by atoms with Gasteiger partial charge in [0.15, 0.2) is 0 Å². The molecule has 3 heterocycles. The van der Waals surface area contributed by atoms with Crippen LogP contribution in [0.25, 0.3) is 0 Å². The number of carbonyl (C=O) groups excluding carboxylic acids is 1. The first-order chi connectivity index (χ1) is 15.8. The van der Waals surface area contributed by atoms with E-state index >= 15 is 0 Å². The fourth-order valence-corrected chi connectivity index (χ4v) is 5.96. The van der Waals surface area contributed by atoms with Crippen molar-refractivity contribution in [2.24, 2.45) is 0 Å². The van der Waals surface area contributed by atoms with Crippen LogP contribution in [-0.2, 0) is 27.7 Å². The summed E-state index contributed by atoms with van der Waals surface area (Å²) in [4.78, 5) is 21.9. The molecule has 0 aliphatic carbocycles. The van der Waals surface area contributed by atoms with Crippen LogP contribution in [0.4, 0.5) is 5.69 Å². The minimum absolute atomic E-state index is 0.0398. The molecule has 0 bridgehead atoms. The lowest BCUT2D eigenvalue weighted by Gasteiger charge is -2.28. The Bertz CT molecular complexity index is 1070. The first-order valence-electron chi connectivity index (χ1n) is 11.4. The van der Waals surface area contributed by atoms with Gasteiger partial charge in [-0.15, -0.1) is 0 Å². The van der Waals surface area contributed by atoms with Crippen LogP contribution >= 0.6 is 0 Å². The van der Waals surface area contributed by atoms with Crippen LogP contribution in [-0.4, -0.2) is 80.8 Å². The molecule has 1 amide bonds. The first-order valence-corrected chi connectivity index (χ1v) is 13.3. The van der Waals surface area contributed by atoms with E-state index in [1.165, 1.54) is 10.6 Å². The van der Waals surface area contributed by atoms with Crippen LogP contribution in [0.5, 0.6) is 0 Å². The van der Waals surface area contributed by atoms with Crippen LogP contribution in [0.2, 0.25) is 0 Å². The van der Waals surface area contributed by atoms with E-state index in [1.54, 1.807) is 24.5 Å². The number of sulfonamides is 1. The number of anilines is 1. The lowest BCUT2D eigenvalue weighted by molar-refractivity contribution is 0.0355. The Morgan fingerprint density at radius 3 is 2.61 bits per heavy atom. The number of nitrogens with zero attached hydrogens (tertiary/aromatic N) is 4. The lowest BCUT2D eigenvalue weighted by atomic mass is 10.1. The number of amides is 1. The van der Waals surface area contributed by atoms with Gasteiger partial charge in [-0.2, -0.15) is 0 Å². The maximum atomic E-state index is 13.5. The van der Waals surface area contributed by atoms with Crippen LogP contribution < -0.4 is 4.31 Å². The molecular weight excluding hydrogens is 440 g/mol. The topological polar surface area (TPSA) is 83.1 Å². The molecule has 2 aromatic rings. The molecule has 8 nitrogen and oxygen atoms in total. The summed E-state index contributed by atoms with van der Waals surface area (Å²) in [5.74, 6) is -0.0398. The molecule has 1 fully saturated rings. The molecule has 1 atom stereocenters. The van der Waals surface area contributed by atoms with Crippen LogP contribution in [0.3, 0.4) is 0 Å². The molecule has 0 spiro atoms. The number of rotatable bonds is 8. The third-order valence-corrected chi connectivity index (χ3v) is 7.52. The summed E-state index contributed by atoms with van der Waals surface area (Å²) in [5.41, 5.74) is 3.20. The standard InChI is InChI=1S/C24H32N4O4S/c1-19-16-22-17-21(4-5-23(22)28(19)33(2,30)31)24(29)27(18-20-6-8-25-9-7-20)11-3-10-26-12-14-32-15-13-26/h4-9,17,19H,3,10-16,18H2,1-2H3. The van der Waals surface area contributed by atoms with E-state index < -0.39 is 10.0 Å². The zero-order valence-corrected chi connectivity index (χ0v) is 20.1. The first kappa shape index (κ1) is 23.7. The Kier molecular flexibility index (Phi) is 7.31. The highest BCUT2D eigenvalue weighted by Gasteiger charge is 2.33. The SMILES string of the molecule is CC1Cc2cc(C(=O)N(CCCN3CCOCC3)Cc3ccncc3)ccc2N1S(C)(=O)=O. The molecule has 1 unspecified atom stereocenters. The number of benzene rings is 1. The fraction of sp³-hybridized carbons (Fsp3) is 0.500. The van der Waals surface area contributed by atoms with Crippen molar-refractivity contribution in [1.29, 1.82) is 0 Å². The molecule has 1 aromatic heterocycles. The molecule has 4 rings (SSSR count). The van der Waals surface area contributed by atoms with Gasteiger partial charge >= 0.3 is 0 Å². The van der Waals surface area contributed by atoms with Gasteiger partial charge in [0, 0.05) is 56.7 Å². The summed E-state index contributed by atoms with van der Waals surface area (Å²) >= 11 is 0. The largest absolute Gasteiger partial charge is 0.379 e. The Hall–Kier alpha value is -2.49. The summed E-state index contributed by atoms with van der Waals surface area (Å²) in [6.45, 7) is 7.35. The van der Waals surface area contributed by atoms with E-state index in [2.05, 4.69) is 9.88 Å². The van der Waals surface area contributed by atoms with Gasteiger partial charge in [0.2, 0.25) is 10.0 Å². The van der Waals surface area contributed by atoms with Crippen molar-refractivity contribution < 1.29 is 17.9 Å². The molecule has 2 aliphatic rings. The molecular formula is C24H32N4O4S. The van der Waals surface area contributed by atoms with Crippen LogP contribution in [0, 0.1) is 0 Å². The van der Waals surface area contributed by atoms with Gasteiger partial charge in [0.25, 0.3) is 5.91 Å². The monoisotopic (exact) mass is 472 g/mol. The Morgan fingerprint density at radius 1 is 1.18 bits per heavy atom. The number of ether oxygens (including phenoxy) is 1. The zero-order chi connectivity index (χ0) is 23.4. The fourth-order valence-electron chi connectivity index (χ4n) is 4.69. The smallest absolute Gasteiger partial charge is 0.254 e. The molecule has 1 aromatic carbocycles. The van der Waals surface area contributed by atoms with Crippen LogP contribution in [0.15, 0.2) is 42.7 Å². The summed E-state index contributed by atoms with van der Waals surface area (Å²) in [5, 5.41) is 0. The summed E-state index contributed by atoms with van der Waals surface area (Å²) in [6, 6.07) is 9.08. The molecule has 178 valence electrons. The summed E-state index contributed by atoms with van der Waals surface area (Å²) in [7, 11) is -3.36. The van der Waals surface area contributed by atoms with Crippen molar-refractivity contribution in [3.8, 4) is 0 Å². The second-order valence-corrected chi connectivity index (χ2v) is 10.7. The van der Waals surface area contributed by atoms with Crippen molar-refractivity contribution >= 4 is 21.6 Å². The van der Waals surface area contributed by atoms with Crippen molar-refractivity contribution in [2.45, 2.75) is 32.4 Å². The molecule has 0 radical (unpaired) electrons. The average molecular weight is 473 g/mol.